The van der Waals surface area contributed by atoms with Crippen LogP contribution in [-0.2, 0) is 5.41 Å². The highest BCUT2D eigenvalue weighted by molar-refractivity contribution is 7.26. The van der Waals surface area contributed by atoms with Crippen LogP contribution in [0.25, 0.3) is 97.4 Å². The van der Waals surface area contributed by atoms with Crippen molar-refractivity contribution < 1.29 is 8.83 Å². The van der Waals surface area contributed by atoms with Gasteiger partial charge in [-0.2, -0.15) is 0 Å². The van der Waals surface area contributed by atoms with Crippen LogP contribution in [0, 0.1) is 0 Å². The molecule has 0 fully saturated rings. The first-order valence-electron chi connectivity index (χ1n) is 20.9. The van der Waals surface area contributed by atoms with Crippen LogP contribution in [0.1, 0.15) is 25.0 Å². The molecular weight excluding hydrogens is 763 g/mol. The lowest BCUT2D eigenvalue weighted by Crippen LogP contribution is -2.16. The van der Waals surface area contributed by atoms with E-state index in [0.717, 1.165) is 72.1 Å². The van der Waals surface area contributed by atoms with E-state index in [-0.39, 0.29) is 5.41 Å². The smallest absolute Gasteiger partial charge is 0.144 e. The number of hydrogen-bond acceptors (Lipinski definition) is 4. The van der Waals surface area contributed by atoms with Crippen LogP contribution in [0.2, 0.25) is 0 Å². The lowest BCUT2D eigenvalue weighted by Gasteiger charge is -2.29. The van der Waals surface area contributed by atoms with Gasteiger partial charge in [0, 0.05) is 58.7 Å². The van der Waals surface area contributed by atoms with E-state index in [1.807, 2.05) is 17.4 Å². The number of nitrogens with zero attached hydrogens (tertiary/aromatic N) is 1. The number of thiophene rings is 1. The molecule has 13 rings (SSSR count). The maximum Gasteiger partial charge on any atom is 0.144 e. The highest BCUT2D eigenvalue weighted by atomic mass is 32.1. The van der Waals surface area contributed by atoms with Crippen LogP contribution in [0.4, 0.5) is 17.1 Å². The van der Waals surface area contributed by atoms with Gasteiger partial charge in [0.2, 0.25) is 0 Å². The zero-order chi connectivity index (χ0) is 40.4. The van der Waals surface area contributed by atoms with Gasteiger partial charge in [-0.05, 0) is 93.5 Å². The summed E-state index contributed by atoms with van der Waals surface area (Å²) < 4.78 is 16.3. The third-order valence-electron chi connectivity index (χ3n) is 13.1. The van der Waals surface area contributed by atoms with E-state index in [1.165, 1.54) is 53.6 Å². The number of fused-ring (bicyclic) bond motifs is 12. The van der Waals surface area contributed by atoms with E-state index in [1.54, 1.807) is 0 Å². The predicted octanol–water partition coefficient (Wildman–Crippen LogP) is 17.0. The average molecular weight is 800 g/mol. The summed E-state index contributed by atoms with van der Waals surface area (Å²) in [7, 11) is 0. The van der Waals surface area contributed by atoms with Gasteiger partial charge in [-0.1, -0.05) is 147 Å². The molecule has 0 spiro atoms. The summed E-state index contributed by atoms with van der Waals surface area (Å²) in [5.74, 6) is 0. The van der Waals surface area contributed by atoms with Crippen molar-refractivity contribution in [3.63, 3.8) is 0 Å². The van der Waals surface area contributed by atoms with Gasteiger partial charge in [-0.25, -0.2) is 0 Å². The molecule has 3 nitrogen and oxygen atoms in total. The highest BCUT2D eigenvalue weighted by Gasteiger charge is 2.36. The van der Waals surface area contributed by atoms with Gasteiger partial charge in [0.25, 0.3) is 0 Å². The number of benzene rings is 9. The molecule has 9 aromatic carbocycles. The van der Waals surface area contributed by atoms with Gasteiger partial charge in [0.05, 0.1) is 11.1 Å². The van der Waals surface area contributed by atoms with Crippen LogP contribution in [-0.4, -0.2) is 0 Å². The van der Waals surface area contributed by atoms with Crippen molar-refractivity contribution >= 4 is 92.4 Å². The van der Waals surface area contributed by atoms with Gasteiger partial charge in [-0.3, -0.25) is 0 Å². The van der Waals surface area contributed by atoms with Gasteiger partial charge < -0.3 is 13.7 Å². The Morgan fingerprint density at radius 3 is 2.02 bits per heavy atom. The lowest BCUT2D eigenvalue weighted by atomic mass is 9.82. The van der Waals surface area contributed by atoms with E-state index >= 15 is 0 Å². The molecule has 12 aromatic rings. The Bertz CT molecular complexity index is 3740. The lowest BCUT2D eigenvalue weighted by molar-refractivity contribution is 0.660. The molecule has 0 bridgehead atoms. The van der Waals surface area contributed by atoms with E-state index in [0.29, 0.717) is 0 Å². The molecule has 1 aliphatic rings. The number of anilines is 3. The Morgan fingerprint density at radius 2 is 1.13 bits per heavy atom. The van der Waals surface area contributed by atoms with Crippen LogP contribution in [0.5, 0.6) is 0 Å². The van der Waals surface area contributed by atoms with Crippen molar-refractivity contribution in [1.82, 2.24) is 0 Å². The monoisotopic (exact) mass is 799 g/mol. The fraction of sp³-hybridized carbons (Fsp3) is 0.0526. The quantitative estimate of drug-likeness (QED) is 0.174. The third kappa shape index (κ3) is 4.97. The Kier molecular flexibility index (Phi) is 7.23. The summed E-state index contributed by atoms with van der Waals surface area (Å²) in [6, 6.07) is 68.0. The minimum Gasteiger partial charge on any atom is -0.456 e. The SMILES string of the molecule is CC1(C)c2ccccc2-c2ccc(N(c3ccc(-c4cccc5c4sc4ccccc45)cc3)c3cccc4oc5c(-c6ccccc6)c6c(cc5c34)oc3ccccc36)cc21. The number of hydrogen-bond donors (Lipinski definition) is 0. The first kappa shape index (κ1) is 34.5. The van der Waals surface area contributed by atoms with Crippen LogP contribution in [0.3, 0.4) is 0 Å². The second-order valence-corrected chi connectivity index (χ2v) is 17.8. The topological polar surface area (TPSA) is 29.5 Å². The molecule has 0 saturated heterocycles. The van der Waals surface area contributed by atoms with E-state index < -0.39 is 0 Å². The van der Waals surface area contributed by atoms with E-state index in [9.17, 15) is 0 Å². The molecule has 0 aliphatic heterocycles. The van der Waals surface area contributed by atoms with Crippen molar-refractivity contribution in [3.05, 3.63) is 199 Å². The molecule has 0 radical (unpaired) electrons. The Morgan fingerprint density at radius 1 is 0.443 bits per heavy atom. The molecule has 0 unspecified atom stereocenters. The third-order valence-corrected chi connectivity index (χ3v) is 14.3. The second-order valence-electron chi connectivity index (χ2n) is 16.8. The maximum absolute atomic E-state index is 7.05. The van der Waals surface area contributed by atoms with Gasteiger partial charge in [0.15, 0.2) is 0 Å². The Balaban J connectivity index is 1.06. The zero-order valence-corrected chi connectivity index (χ0v) is 34.4. The summed E-state index contributed by atoms with van der Waals surface area (Å²) in [4.78, 5) is 2.42. The normalized spacial score (nSPS) is 13.2. The van der Waals surface area contributed by atoms with Gasteiger partial charge >= 0.3 is 0 Å². The van der Waals surface area contributed by atoms with E-state index in [2.05, 4.69) is 201 Å². The molecule has 1 aliphatic carbocycles. The minimum atomic E-state index is -0.160. The number of furan rings is 2. The molecule has 0 atom stereocenters. The van der Waals surface area contributed by atoms with Crippen molar-refractivity contribution in [3.8, 4) is 33.4 Å². The fourth-order valence-corrected chi connectivity index (χ4v) is 11.5. The summed E-state index contributed by atoms with van der Waals surface area (Å²) in [6.45, 7) is 4.70. The summed E-state index contributed by atoms with van der Waals surface area (Å²) in [5, 5.41) is 6.81. The number of rotatable bonds is 5. The first-order chi connectivity index (χ1) is 30.0. The molecule has 288 valence electrons. The predicted molar refractivity (Wildman–Crippen MR) is 257 cm³/mol. The van der Waals surface area contributed by atoms with E-state index in [4.69, 9.17) is 8.83 Å². The molecule has 4 heteroatoms. The zero-order valence-electron chi connectivity index (χ0n) is 33.6. The summed E-state index contributed by atoms with van der Waals surface area (Å²) in [5.41, 5.74) is 16.3. The molecule has 0 amide bonds. The molecular formula is C57H37NO2S. The van der Waals surface area contributed by atoms with Gasteiger partial charge in [-0.15, -0.1) is 11.3 Å². The summed E-state index contributed by atoms with van der Waals surface area (Å²) >= 11 is 1.87. The van der Waals surface area contributed by atoms with Crippen molar-refractivity contribution in [1.29, 1.82) is 0 Å². The first-order valence-corrected chi connectivity index (χ1v) is 21.7. The highest BCUT2D eigenvalue weighted by Crippen LogP contribution is 2.53. The average Bonchev–Trinajstić information content (AvgIpc) is 4.05. The molecule has 0 N–H and O–H groups in total. The minimum absolute atomic E-state index is 0.160. The van der Waals surface area contributed by atoms with Crippen LogP contribution in [0.15, 0.2) is 197 Å². The molecule has 61 heavy (non-hydrogen) atoms. The van der Waals surface area contributed by atoms with Crippen molar-refractivity contribution in [2.45, 2.75) is 19.3 Å². The van der Waals surface area contributed by atoms with Gasteiger partial charge in [0.1, 0.15) is 22.3 Å². The van der Waals surface area contributed by atoms with Crippen LogP contribution < -0.4 is 4.90 Å². The number of para-hydroxylation sites is 1. The Labute approximate surface area is 356 Å². The fourth-order valence-electron chi connectivity index (χ4n) is 10.2. The second kappa shape index (κ2) is 12.8. The summed E-state index contributed by atoms with van der Waals surface area (Å²) in [6.07, 6.45) is 0. The molecule has 0 saturated carbocycles. The van der Waals surface area contributed by atoms with Crippen LogP contribution >= 0.6 is 11.3 Å². The standard InChI is InChI=1S/C57H37NO2S/c1-57(2)45-21-9-6-16-39(45)40-31-30-37(32-46(40)57)58(36-28-26-34(27-29-36)38-19-12-20-42-41-17-8-11-25-51(41)61-56(38)42)47-22-13-24-49-53(47)44-33-50-54(43-18-7-10-23-48(43)59-50)52(55(44)60-49)35-14-4-3-5-15-35/h3-33H,1-2H3. The molecule has 3 aromatic heterocycles. The molecule has 3 heterocycles. The Hall–Kier alpha value is -7.40. The van der Waals surface area contributed by atoms with Crippen molar-refractivity contribution in [2.75, 3.05) is 4.90 Å². The maximum atomic E-state index is 7.05. The van der Waals surface area contributed by atoms with Crippen molar-refractivity contribution in [2.24, 2.45) is 0 Å². The largest absolute Gasteiger partial charge is 0.456 e.